The minimum absolute atomic E-state index is 0.0313. The van der Waals surface area contributed by atoms with Crippen LogP contribution in [0.25, 0.3) is 0 Å². The van der Waals surface area contributed by atoms with Gasteiger partial charge < -0.3 is 15.0 Å². The molecule has 0 unspecified atom stereocenters. The third-order valence-electron chi connectivity index (χ3n) is 4.30. The van der Waals surface area contributed by atoms with Crippen molar-refractivity contribution in [2.45, 2.75) is 32.7 Å². The Morgan fingerprint density at radius 2 is 2.15 bits per heavy atom. The van der Waals surface area contributed by atoms with E-state index in [1.807, 2.05) is 38.1 Å². The molecule has 8 heteroatoms. The van der Waals surface area contributed by atoms with Crippen LogP contribution in [0.2, 0.25) is 0 Å². The van der Waals surface area contributed by atoms with Crippen molar-refractivity contribution in [2.75, 3.05) is 19.0 Å². The summed E-state index contributed by atoms with van der Waals surface area (Å²) < 4.78 is 5.33. The molecule has 1 atom stereocenters. The van der Waals surface area contributed by atoms with Crippen LogP contribution in [0.4, 0.5) is 5.13 Å². The summed E-state index contributed by atoms with van der Waals surface area (Å²) in [4.78, 5) is 26.5. The fourth-order valence-electron chi connectivity index (χ4n) is 2.87. The zero-order chi connectivity index (χ0) is 18.7. The molecule has 3 rings (SSSR count). The van der Waals surface area contributed by atoms with Gasteiger partial charge in [0.15, 0.2) is 0 Å². The first-order chi connectivity index (χ1) is 12.5. The molecule has 1 aliphatic rings. The van der Waals surface area contributed by atoms with Crippen LogP contribution in [0.1, 0.15) is 36.8 Å². The summed E-state index contributed by atoms with van der Waals surface area (Å²) in [6.45, 7) is 4.87. The number of likely N-dealkylation sites (tertiary alicyclic amines) is 1. The molecule has 0 aliphatic carbocycles. The van der Waals surface area contributed by atoms with Gasteiger partial charge in [-0.25, -0.2) is 0 Å². The molecule has 0 spiro atoms. The Morgan fingerprint density at radius 1 is 1.38 bits per heavy atom. The lowest BCUT2D eigenvalue weighted by Gasteiger charge is -2.18. The van der Waals surface area contributed by atoms with Crippen LogP contribution >= 0.6 is 11.3 Å². The van der Waals surface area contributed by atoms with Crippen LogP contribution in [0.5, 0.6) is 5.75 Å². The van der Waals surface area contributed by atoms with Gasteiger partial charge >= 0.3 is 0 Å². The largest absolute Gasteiger partial charge is 0.496 e. The Hall–Kier alpha value is -2.48. The van der Waals surface area contributed by atoms with E-state index >= 15 is 0 Å². The Balaban J connectivity index is 1.62. The summed E-state index contributed by atoms with van der Waals surface area (Å²) >= 11 is 1.37. The van der Waals surface area contributed by atoms with Gasteiger partial charge in [-0.3, -0.25) is 9.59 Å². The SMILES string of the molecule is COc1ccccc1CN1C[C@H](C(=O)Nc2nnc(C(C)C)s2)CC1=O. The molecule has 2 amide bonds. The van der Waals surface area contributed by atoms with Gasteiger partial charge in [0, 0.05) is 31.0 Å². The highest BCUT2D eigenvalue weighted by atomic mass is 32.1. The first-order valence-corrected chi connectivity index (χ1v) is 9.33. The summed E-state index contributed by atoms with van der Waals surface area (Å²) in [7, 11) is 1.61. The summed E-state index contributed by atoms with van der Waals surface area (Å²) in [5.74, 6) is 0.401. The van der Waals surface area contributed by atoms with Crippen LogP contribution in [-0.4, -0.2) is 40.6 Å². The first kappa shape index (κ1) is 18.3. The molecule has 2 aromatic rings. The van der Waals surface area contributed by atoms with Crippen molar-refractivity contribution in [1.82, 2.24) is 15.1 Å². The number of amides is 2. The van der Waals surface area contributed by atoms with Gasteiger partial charge in [-0.15, -0.1) is 10.2 Å². The van der Waals surface area contributed by atoms with Crippen molar-refractivity contribution >= 4 is 28.3 Å². The smallest absolute Gasteiger partial charge is 0.231 e. The van der Waals surface area contributed by atoms with E-state index in [0.29, 0.717) is 18.2 Å². The molecule has 1 aliphatic heterocycles. The minimum Gasteiger partial charge on any atom is -0.496 e. The van der Waals surface area contributed by atoms with Gasteiger partial charge in [0.2, 0.25) is 16.9 Å². The van der Waals surface area contributed by atoms with E-state index in [-0.39, 0.29) is 30.1 Å². The molecule has 1 aromatic carbocycles. The number of benzene rings is 1. The lowest BCUT2D eigenvalue weighted by molar-refractivity contribution is -0.128. The van der Waals surface area contributed by atoms with E-state index in [2.05, 4.69) is 15.5 Å². The molecule has 0 radical (unpaired) electrons. The fraction of sp³-hybridized carbons (Fsp3) is 0.444. The van der Waals surface area contributed by atoms with Gasteiger partial charge in [0.25, 0.3) is 0 Å². The van der Waals surface area contributed by atoms with Crippen LogP contribution in [-0.2, 0) is 16.1 Å². The van der Waals surface area contributed by atoms with Gasteiger partial charge in [-0.05, 0) is 6.07 Å². The molecule has 0 bridgehead atoms. The average molecular weight is 374 g/mol. The molecule has 1 N–H and O–H groups in total. The quantitative estimate of drug-likeness (QED) is 0.840. The first-order valence-electron chi connectivity index (χ1n) is 8.52. The Kier molecular flexibility index (Phi) is 5.51. The second kappa shape index (κ2) is 7.82. The Labute approximate surface area is 156 Å². The number of rotatable bonds is 6. The van der Waals surface area contributed by atoms with Gasteiger partial charge in [-0.2, -0.15) is 0 Å². The van der Waals surface area contributed by atoms with Gasteiger partial charge in [-0.1, -0.05) is 43.4 Å². The highest BCUT2D eigenvalue weighted by Crippen LogP contribution is 2.27. The van der Waals surface area contributed by atoms with Crippen molar-refractivity contribution < 1.29 is 14.3 Å². The molecular weight excluding hydrogens is 352 g/mol. The van der Waals surface area contributed by atoms with Gasteiger partial charge in [0.05, 0.1) is 13.0 Å². The van der Waals surface area contributed by atoms with E-state index in [1.54, 1.807) is 12.0 Å². The summed E-state index contributed by atoms with van der Waals surface area (Å²) in [5, 5.41) is 12.2. The maximum absolute atomic E-state index is 12.5. The normalized spacial score (nSPS) is 17.0. The summed E-state index contributed by atoms with van der Waals surface area (Å²) in [5.41, 5.74) is 0.926. The number of methoxy groups -OCH3 is 1. The van der Waals surface area contributed by atoms with E-state index < -0.39 is 0 Å². The fourth-order valence-corrected chi connectivity index (χ4v) is 3.61. The molecular formula is C18H22N4O3S. The van der Waals surface area contributed by atoms with Crippen molar-refractivity contribution in [2.24, 2.45) is 5.92 Å². The van der Waals surface area contributed by atoms with Crippen molar-refractivity contribution in [1.29, 1.82) is 0 Å². The van der Waals surface area contributed by atoms with E-state index in [4.69, 9.17) is 4.74 Å². The van der Waals surface area contributed by atoms with E-state index in [9.17, 15) is 9.59 Å². The summed E-state index contributed by atoms with van der Waals surface area (Å²) in [6, 6.07) is 7.58. The topological polar surface area (TPSA) is 84.4 Å². The number of anilines is 1. The average Bonchev–Trinajstić information content (AvgIpc) is 3.23. The number of para-hydroxylation sites is 1. The second-order valence-electron chi connectivity index (χ2n) is 6.58. The van der Waals surface area contributed by atoms with E-state index in [1.165, 1.54) is 11.3 Å². The predicted octanol–water partition coefficient (Wildman–Crippen LogP) is 2.66. The standard InChI is InChI=1S/C18H22N4O3S/c1-11(2)17-20-21-18(26-17)19-16(24)13-8-15(23)22(10-13)9-12-6-4-5-7-14(12)25-3/h4-7,11,13H,8-10H2,1-3H3,(H,19,21,24)/t13-/m1/s1. The van der Waals surface area contributed by atoms with Crippen LogP contribution < -0.4 is 10.1 Å². The maximum Gasteiger partial charge on any atom is 0.231 e. The van der Waals surface area contributed by atoms with Gasteiger partial charge in [0.1, 0.15) is 10.8 Å². The number of carbonyl (C=O) groups excluding carboxylic acids is 2. The number of aromatic nitrogens is 2. The maximum atomic E-state index is 12.5. The van der Waals surface area contributed by atoms with Crippen LogP contribution in [0, 0.1) is 5.92 Å². The zero-order valence-corrected chi connectivity index (χ0v) is 15.9. The number of carbonyl (C=O) groups is 2. The zero-order valence-electron chi connectivity index (χ0n) is 15.1. The molecule has 1 aromatic heterocycles. The highest BCUT2D eigenvalue weighted by molar-refractivity contribution is 7.15. The summed E-state index contributed by atoms with van der Waals surface area (Å²) in [6.07, 6.45) is 0.205. The number of ether oxygens (including phenoxy) is 1. The third-order valence-corrected chi connectivity index (χ3v) is 5.44. The van der Waals surface area contributed by atoms with Crippen molar-refractivity contribution in [3.63, 3.8) is 0 Å². The number of nitrogens with zero attached hydrogens (tertiary/aromatic N) is 3. The lowest BCUT2D eigenvalue weighted by Crippen LogP contribution is -2.28. The highest BCUT2D eigenvalue weighted by Gasteiger charge is 2.35. The van der Waals surface area contributed by atoms with E-state index in [0.717, 1.165) is 16.3 Å². The van der Waals surface area contributed by atoms with Crippen molar-refractivity contribution in [3.8, 4) is 5.75 Å². The molecule has 0 saturated carbocycles. The molecule has 26 heavy (non-hydrogen) atoms. The number of hydrogen-bond acceptors (Lipinski definition) is 6. The van der Waals surface area contributed by atoms with Crippen molar-refractivity contribution in [3.05, 3.63) is 34.8 Å². The monoisotopic (exact) mass is 374 g/mol. The Morgan fingerprint density at radius 3 is 2.85 bits per heavy atom. The molecule has 138 valence electrons. The second-order valence-corrected chi connectivity index (χ2v) is 7.59. The molecule has 1 saturated heterocycles. The molecule has 1 fully saturated rings. The third kappa shape index (κ3) is 4.01. The minimum atomic E-state index is -0.386. The predicted molar refractivity (Wildman–Crippen MR) is 99.1 cm³/mol. The number of nitrogens with one attached hydrogen (secondary N) is 1. The molecule has 7 nitrogen and oxygen atoms in total. The number of hydrogen-bond donors (Lipinski definition) is 1. The lowest BCUT2D eigenvalue weighted by atomic mass is 10.1. The van der Waals surface area contributed by atoms with Crippen LogP contribution in [0.15, 0.2) is 24.3 Å². The molecule has 2 heterocycles. The Bertz CT molecular complexity index is 805. The van der Waals surface area contributed by atoms with Crippen LogP contribution in [0.3, 0.4) is 0 Å².